The van der Waals surface area contributed by atoms with Gasteiger partial charge in [-0.25, -0.2) is 19.9 Å². The molecule has 3 fully saturated rings. The molecule has 0 aliphatic carbocycles. The Balaban J connectivity index is 1.44. The van der Waals surface area contributed by atoms with Gasteiger partial charge in [-0.1, -0.05) is 0 Å². The lowest BCUT2D eigenvalue weighted by molar-refractivity contribution is -0.521. The minimum Gasteiger partial charge on any atom is -0.370 e. The van der Waals surface area contributed by atoms with Gasteiger partial charge in [0.2, 0.25) is 11.7 Å². The average Bonchev–Trinajstić information content (AvgIpc) is 3.35. The average molecular weight is 480 g/mol. The minimum atomic E-state index is -2.54. The summed E-state index contributed by atoms with van der Waals surface area (Å²) < 4.78 is 0. The number of nitrogens with zero attached hydrogens (tertiary/aromatic N) is 5. The first kappa shape index (κ1) is 22.5. The van der Waals surface area contributed by atoms with Crippen molar-refractivity contribution in [2.45, 2.75) is 48.8 Å². The number of urea groups is 2. The Hall–Kier alpha value is -3.33. The second-order valence-corrected chi connectivity index (χ2v) is 9.51. The van der Waals surface area contributed by atoms with E-state index in [0.717, 1.165) is 24.2 Å². The van der Waals surface area contributed by atoms with Crippen molar-refractivity contribution in [3.63, 3.8) is 0 Å². The van der Waals surface area contributed by atoms with Gasteiger partial charge >= 0.3 is 18.0 Å². The lowest BCUT2D eigenvalue weighted by Crippen LogP contribution is -2.90. The number of rotatable bonds is 3. The molecular weight excluding hydrogens is 448 g/mol. The summed E-state index contributed by atoms with van der Waals surface area (Å²) in [6.07, 6.45) is 2.83. The van der Waals surface area contributed by atoms with Gasteiger partial charge in [0, 0.05) is 20.1 Å². The van der Waals surface area contributed by atoms with Gasteiger partial charge in [-0.15, -0.1) is 0 Å². The number of aliphatic imine (C=N–C) groups is 1. The van der Waals surface area contributed by atoms with E-state index in [1.165, 1.54) is 16.8 Å². The Morgan fingerprint density at radius 2 is 1.97 bits per heavy atom. The maximum atomic E-state index is 12.8. The number of hydrogen-bond donors (Lipinski definition) is 7. The molecule has 186 valence electrons. The van der Waals surface area contributed by atoms with E-state index >= 15 is 0 Å². The van der Waals surface area contributed by atoms with Gasteiger partial charge < -0.3 is 31.1 Å². The first-order valence-electron chi connectivity index (χ1n) is 11.4. The Morgan fingerprint density at radius 3 is 2.62 bits per heavy atom. The second kappa shape index (κ2) is 7.59. The largest absolute Gasteiger partial charge is 0.370 e. The SMILES string of the molecule is CN1CC(=O)N(C[C@@H]2N=C(N)N3CC(NC(=O)N4CCCCC4)C(O)(O)[C@@]34NC(N)=[NH+][C@@H]24)C1=O. The van der Waals surface area contributed by atoms with Crippen LogP contribution in [0.15, 0.2) is 4.99 Å². The van der Waals surface area contributed by atoms with Gasteiger partial charge in [0.05, 0.1) is 13.1 Å². The molecular formula is C19H31N10O5+. The smallest absolute Gasteiger partial charge is 0.343 e. The molecule has 34 heavy (non-hydrogen) atoms. The van der Waals surface area contributed by atoms with Crippen molar-refractivity contribution in [1.29, 1.82) is 0 Å². The third kappa shape index (κ3) is 3.06. The third-order valence-electron chi connectivity index (χ3n) is 7.43. The highest BCUT2D eigenvalue weighted by Crippen LogP contribution is 2.41. The highest BCUT2D eigenvalue weighted by atomic mass is 16.5. The van der Waals surface area contributed by atoms with E-state index in [0.29, 0.717) is 13.1 Å². The molecule has 0 saturated carbocycles. The van der Waals surface area contributed by atoms with Crippen LogP contribution in [0.5, 0.6) is 0 Å². The summed E-state index contributed by atoms with van der Waals surface area (Å²) in [7, 11) is 1.52. The first-order valence-corrected chi connectivity index (χ1v) is 11.4. The zero-order chi connectivity index (χ0) is 24.4. The summed E-state index contributed by atoms with van der Waals surface area (Å²) in [6.45, 7) is 0.960. The van der Waals surface area contributed by atoms with E-state index in [1.54, 1.807) is 4.90 Å². The van der Waals surface area contributed by atoms with Crippen LogP contribution in [0.2, 0.25) is 0 Å². The normalized spacial score (nSPS) is 34.5. The molecule has 0 aromatic heterocycles. The quantitative estimate of drug-likeness (QED) is 0.152. The van der Waals surface area contributed by atoms with Gasteiger partial charge in [-0.2, -0.15) is 0 Å². The summed E-state index contributed by atoms with van der Waals surface area (Å²) in [5.74, 6) is -2.90. The van der Waals surface area contributed by atoms with Crippen molar-refractivity contribution in [2.24, 2.45) is 16.5 Å². The fourth-order valence-electron chi connectivity index (χ4n) is 5.69. The van der Waals surface area contributed by atoms with Gasteiger partial charge in [0.25, 0.3) is 5.66 Å². The molecule has 5 amide bonds. The number of hydrogen-bond acceptors (Lipinski definition) is 10. The van der Waals surface area contributed by atoms with Gasteiger partial charge in [0.15, 0.2) is 12.0 Å². The van der Waals surface area contributed by atoms with Crippen molar-refractivity contribution in [3.8, 4) is 0 Å². The number of guanidine groups is 2. The molecule has 5 aliphatic rings. The molecule has 0 aromatic rings. The molecule has 0 aromatic carbocycles. The van der Waals surface area contributed by atoms with Crippen LogP contribution in [-0.4, -0.2) is 129 Å². The second-order valence-electron chi connectivity index (χ2n) is 9.51. The molecule has 5 aliphatic heterocycles. The first-order chi connectivity index (χ1) is 16.1. The number of aliphatic hydroxyl groups is 2. The van der Waals surface area contributed by atoms with E-state index in [-0.39, 0.29) is 31.6 Å². The molecule has 5 heterocycles. The van der Waals surface area contributed by atoms with Crippen LogP contribution >= 0.6 is 0 Å². The van der Waals surface area contributed by atoms with Crippen LogP contribution in [0.4, 0.5) is 9.59 Å². The maximum absolute atomic E-state index is 12.8. The molecule has 0 bridgehead atoms. The summed E-state index contributed by atoms with van der Waals surface area (Å²) in [5.41, 5.74) is 10.6. The topological polar surface area (TPSA) is 207 Å². The summed E-state index contributed by atoms with van der Waals surface area (Å²) in [4.78, 5) is 50.5. The number of amides is 5. The van der Waals surface area contributed by atoms with Crippen LogP contribution in [0, 0.1) is 0 Å². The van der Waals surface area contributed by atoms with E-state index < -0.39 is 47.5 Å². The lowest BCUT2D eigenvalue weighted by Gasteiger charge is -2.46. The Morgan fingerprint density at radius 1 is 1.26 bits per heavy atom. The fourth-order valence-corrected chi connectivity index (χ4v) is 5.69. The predicted molar refractivity (Wildman–Crippen MR) is 117 cm³/mol. The summed E-state index contributed by atoms with van der Waals surface area (Å²) >= 11 is 0. The number of likely N-dealkylation sites (tertiary alicyclic amines) is 1. The van der Waals surface area contributed by atoms with Gasteiger partial charge in [-0.3, -0.25) is 25.3 Å². The molecule has 3 saturated heterocycles. The lowest BCUT2D eigenvalue weighted by atomic mass is 9.85. The standard InChI is InChI=1S/C19H30N10O5/c1-26-9-12(30)28(17(26)32)7-10-13-18(25-14(20)24-13)19(33,34)11(8-29(18)15(21)22-10)23-16(31)27-5-3-2-4-6-27/h10-11,13,33-34H,2-9H2,1H3,(H2,21,22)(H,23,31)(H3,20,24,25)/p+1/t10-,11?,13-,18-/m0/s1. The molecule has 15 nitrogen and oxygen atoms in total. The van der Waals surface area contributed by atoms with E-state index in [4.69, 9.17) is 11.5 Å². The number of nitrogens with two attached hydrogens (primary N) is 2. The molecule has 4 atom stereocenters. The van der Waals surface area contributed by atoms with Crippen molar-refractivity contribution in [1.82, 2.24) is 30.2 Å². The zero-order valence-electron chi connectivity index (χ0n) is 18.9. The van der Waals surface area contributed by atoms with Crippen molar-refractivity contribution in [3.05, 3.63) is 0 Å². The van der Waals surface area contributed by atoms with Gasteiger partial charge in [-0.05, 0) is 19.3 Å². The van der Waals surface area contributed by atoms with Crippen LogP contribution in [-0.2, 0) is 4.79 Å². The highest BCUT2D eigenvalue weighted by Gasteiger charge is 2.76. The molecule has 9 N–H and O–H groups in total. The Labute approximate surface area is 195 Å². The van der Waals surface area contributed by atoms with Crippen LogP contribution < -0.4 is 27.1 Å². The van der Waals surface area contributed by atoms with Crippen LogP contribution in [0.3, 0.4) is 0 Å². The predicted octanol–water partition coefficient (Wildman–Crippen LogP) is -5.80. The van der Waals surface area contributed by atoms with E-state index in [2.05, 4.69) is 20.6 Å². The minimum absolute atomic E-state index is 0.0279. The number of nitrogens with one attached hydrogen (secondary N) is 3. The van der Waals surface area contributed by atoms with Crippen LogP contribution in [0.1, 0.15) is 19.3 Å². The fraction of sp³-hybridized carbons (Fsp3) is 0.737. The third-order valence-corrected chi connectivity index (χ3v) is 7.43. The van der Waals surface area contributed by atoms with Crippen LogP contribution in [0.25, 0.3) is 0 Å². The number of imide groups is 1. The molecule has 15 heteroatoms. The van der Waals surface area contributed by atoms with Crippen molar-refractivity contribution in [2.75, 3.05) is 39.8 Å². The van der Waals surface area contributed by atoms with E-state index in [9.17, 15) is 24.6 Å². The summed E-state index contributed by atoms with van der Waals surface area (Å²) in [6, 6.07) is -3.71. The number of carbonyl (C=O) groups is 3. The molecule has 1 spiro atoms. The van der Waals surface area contributed by atoms with E-state index in [1.807, 2.05) is 0 Å². The zero-order valence-corrected chi connectivity index (χ0v) is 18.9. The summed E-state index contributed by atoms with van der Waals surface area (Å²) in [5, 5.41) is 28.6. The monoisotopic (exact) mass is 479 g/mol. The molecule has 5 rings (SSSR count). The molecule has 0 radical (unpaired) electrons. The van der Waals surface area contributed by atoms with Gasteiger partial charge in [0.1, 0.15) is 18.6 Å². The molecule has 1 unspecified atom stereocenters. The number of piperidine rings is 1. The highest BCUT2D eigenvalue weighted by molar-refractivity contribution is 6.02. The maximum Gasteiger partial charge on any atom is 0.343 e. The number of likely N-dealkylation sites (N-methyl/N-ethyl adjacent to an activating group) is 1. The Kier molecular flexibility index (Phi) is 5.02. The number of carbonyl (C=O) groups excluding carboxylic acids is 3. The van der Waals surface area contributed by atoms with Crippen molar-refractivity contribution >= 4 is 29.9 Å². The van der Waals surface area contributed by atoms with Crippen molar-refractivity contribution < 1.29 is 29.6 Å². The Bertz CT molecular complexity index is 979.